The maximum Gasteiger partial charge on any atom is 0.332 e. The highest BCUT2D eigenvalue weighted by Gasteiger charge is 2.06. The molecule has 0 fully saturated rings. The van der Waals surface area contributed by atoms with Crippen LogP contribution in [0.5, 0.6) is 0 Å². The summed E-state index contributed by atoms with van der Waals surface area (Å²) in [5.74, 6) is -0.899. The summed E-state index contributed by atoms with van der Waals surface area (Å²) in [4.78, 5) is 22.1. The normalized spacial score (nSPS) is 10.2. The van der Waals surface area contributed by atoms with Crippen molar-refractivity contribution in [3.05, 3.63) is 0 Å². The Morgan fingerprint density at radius 1 is 0.789 bits per heavy atom. The molecule has 0 spiro atoms. The van der Waals surface area contributed by atoms with Crippen LogP contribution in [-0.4, -0.2) is 38.4 Å². The Hall–Kier alpha value is -1.10. The summed E-state index contributed by atoms with van der Waals surface area (Å²) < 4.78 is 14.5. The van der Waals surface area contributed by atoms with Crippen molar-refractivity contribution in [2.24, 2.45) is 0 Å². The second-order valence-electron chi connectivity index (χ2n) is 4.29. The van der Waals surface area contributed by atoms with Gasteiger partial charge in [-0.25, -0.2) is 9.59 Å². The molecule has 0 aliphatic carbocycles. The summed E-state index contributed by atoms with van der Waals surface area (Å²) in [5, 5.41) is 0. The molecule has 0 saturated carbocycles. The van der Waals surface area contributed by atoms with Crippen LogP contribution in [0.25, 0.3) is 0 Å². The lowest BCUT2D eigenvalue weighted by molar-refractivity contribution is -0.155. The van der Waals surface area contributed by atoms with Crippen LogP contribution in [0.4, 0.5) is 0 Å². The lowest BCUT2D eigenvalue weighted by atomic mass is 10.1. The summed E-state index contributed by atoms with van der Waals surface area (Å²) in [6.07, 6.45) is 6.89. The molecule has 0 aromatic carbocycles. The smallest absolute Gasteiger partial charge is 0.332 e. The monoisotopic (exact) mass is 274 g/mol. The maximum atomic E-state index is 11.2. The highest BCUT2D eigenvalue weighted by molar-refractivity contribution is 5.73. The van der Waals surface area contributed by atoms with Gasteiger partial charge in [0.2, 0.25) is 0 Å². The molecule has 112 valence electrons. The van der Waals surface area contributed by atoms with E-state index in [2.05, 4.69) is 11.7 Å². The zero-order chi connectivity index (χ0) is 14.3. The van der Waals surface area contributed by atoms with E-state index in [0.29, 0.717) is 13.2 Å². The minimum Gasteiger partial charge on any atom is -0.464 e. The van der Waals surface area contributed by atoms with Gasteiger partial charge in [-0.1, -0.05) is 39.0 Å². The van der Waals surface area contributed by atoms with Gasteiger partial charge in [-0.05, 0) is 13.3 Å². The Morgan fingerprint density at radius 2 is 1.37 bits per heavy atom. The van der Waals surface area contributed by atoms with E-state index in [1.54, 1.807) is 6.92 Å². The highest BCUT2D eigenvalue weighted by atomic mass is 16.6. The van der Waals surface area contributed by atoms with E-state index in [1.807, 2.05) is 0 Å². The molecule has 0 heterocycles. The van der Waals surface area contributed by atoms with Crippen LogP contribution in [0.1, 0.15) is 52.4 Å². The maximum absolute atomic E-state index is 11.2. The fraction of sp³-hybridized carbons (Fsp3) is 0.857. The van der Waals surface area contributed by atoms with E-state index < -0.39 is 11.9 Å². The van der Waals surface area contributed by atoms with Gasteiger partial charge in [0, 0.05) is 0 Å². The van der Waals surface area contributed by atoms with Crippen molar-refractivity contribution < 1.29 is 23.8 Å². The molecule has 5 nitrogen and oxygen atoms in total. The first-order valence-electron chi connectivity index (χ1n) is 7.09. The van der Waals surface area contributed by atoms with Gasteiger partial charge >= 0.3 is 11.9 Å². The zero-order valence-corrected chi connectivity index (χ0v) is 12.1. The Kier molecular flexibility index (Phi) is 12.6. The lowest BCUT2D eigenvalue weighted by Gasteiger charge is -2.05. The summed E-state index contributed by atoms with van der Waals surface area (Å²) in [6, 6.07) is 0. The molecule has 0 aromatic heterocycles. The zero-order valence-electron chi connectivity index (χ0n) is 12.1. The largest absolute Gasteiger partial charge is 0.464 e. The molecule has 0 aromatic rings. The predicted molar refractivity (Wildman–Crippen MR) is 71.8 cm³/mol. The molecule has 0 aliphatic heterocycles. The Labute approximate surface area is 115 Å². The van der Waals surface area contributed by atoms with E-state index in [4.69, 9.17) is 9.47 Å². The van der Waals surface area contributed by atoms with Crippen LogP contribution >= 0.6 is 0 Å². The van der Waals surface area contributed by atoms with Crippen molar-refractivity contribution >= 4 is 11.9 Å². The molecule has 0 radical (unpaired) electrons. The number of unbranched alkanes of at least 4 members (excludes halogenated alkanes) is 5. The standard InChI is InChI=1S/C14H26O5/c1-3-5-6-7-8-9-10-19-14(16)12-17-11-13(15)18-4-2/h3-12H2,1-2H3. The third kappa shape index (κ3) is 13.1. The van der Waals surface area contributed by atoms with E-state index in [0.717, 1.165) is 12.8 Å². The number of hydrogen-bond acceptors (Lipinski definition) is 5. The van der Waals surface area contributed by atoms with Gasteiger partial charge in [-0.15, -0.1) is 0 Å². The van der Waals surface area contributed by atoms with E-state index in [9.17, 15) is 9.59 Å². The van der Waals surface area contributed by atoms with E-state index >= 15 is 0 Å². The van der Waals surface area contributed by atoms with Crippen molar-refractivity contribution in [1.29, 1.82) is 0 Å². The minimum absolute atomic E-state index is 0.200. The Bertz CT molecular complexity index is 240. The van der Waals surface area contributed by atoms with E-state index in [1.165, 1.54) is 25.7 Å². The van der Waals surface area contributed by atoms with Crippen molar-refractivity contribution in [2.75, 3.05) is 26.4 Å². The number of ether oxygens (including phenoxy) is 3. The average Bonchev–Trinajstić information content (AvgIpc) is 2.38. The summed E-state index contributed by atoms with van der Waals surface area (Å²) >= 11 is 0. The van der Waals surface area contributed by atoms with Crippen LogP contribution < -0.4 is 0 Å². The predicted octanol–water partition coefficient (Wildman–Crippen LogP) is 2.47. The number of rotatable bonds is 12. The molecule has 0 bridgehead atoms. The molecule has 0 atom stereocenters. The third-order valence-electron chi connectivity index (χ3n) is 2.51. The van der Waals surface area contributed by atoms with Gasteiger partial charge < -0.3 is 14.2 Å². The Balaban J connectivity index is 3.28. The number of esters is 2. The second kappa shape index (κ2) is 13.3. The van der Waals surface area contributed by atoms with Crippen molar-refractivity contribution in [3.8, 4) is 0 Å². The Morgan fingerprint density at radius 3 is 2.00 bits per heavy atom. The molecule has 0 amide bonds. The quantitative estimate of drug-likeness (QED) is 0.404. The first-order valence-corrected chi connectivity index (χ1v) is 7.09. The van der Waals surface area contributed by atoms with Gasteiger partial charge in [0.15, 0.2) is 0 Å². The molecule has 5 heteroatoms. The lowest BCUT2D eigenvalue weighted by Crippen LogP contribution is -2.18. The fourth-order valence-electron chi connectivity index (χ4n) is 1.53. The van der Waals surface area contributed by atoms with Gasteiger partial charge in [0.1, 0.15) is 13.2 Å². The van der Waals surface area contributed by atoms with Crippen LogP contribution in [0.2, 0.25) is 0 Å². The topological polar surface area (TPSA) is 61.8 Å². The molecule has 0 aliphatic rings. The van der Waals surface area contributed by atoms with Crippen LogP contribution in [0.15, 0.2) is 0 Å². The van der Waals surface area contributed by atoms with Crippen LogP contribution in [0, 0.1) is 0 Å². The van der Waals surface area contributed by atoms with E-state index in [-0.39, 0.29) is 13.2 Å². The molecule has 19 heavy (non-hydrogen) atoms. The third-order valence-corrected chi connectivity index (χ3v) is 2.51. The summed E-state index contributed by atoms with van der Waals surface area (Å²) in [5.41, 5.74) is 0. The fourth-order valence-corrected chi connectivity index (χ4v) is 1.53. The number of carbonyl (C=O) groups is 2. The van der Waals surface area contributed by atoms with Crippen molar-refractivity contribution in [1.82, 2.24) is 0 Å². The average molecular weight is 274 g/mol. The first-order chi connectivity index (χ1) is 9.20. The number of carbonyl (C=O) groups excluding carboxylic acids is 2. The molecule has 0 N–H and O–H groups in total. The van der Waals surface area contributed by atoms with Crippen molar-refractivity contribution in [2.45, 2.75) is 52.4 Å². The van der Waals surface area contributed by atoms with Crippen molar-refractivity contribution in [3.63, 3.8) is 0 Å². The molecular weight excluding hydrogens is 248 g/mol. The van der Waals surface area contributed by atoms with Crippen LogP contribution in [-0.2, 0) is 23.8 Å². The van der Waals surface area contributed by atoms with Gasteiger partial charge in [0.25, 0.3) is 0 Å². The molecule has 0 unspecified atom stereocenters. The minimum atomic E-state index is -0.466. The van der Waals surface area contributed by atoms with Gasteiger partial charge in [0.05, 0.1) is 13.2 Å². The molecule has 0 rings (SSSR count). The second-order valence-corrected chi connectivity index (χ2v) is 4.29. The SMILES string of the molecule is CCCCCCCCOC(=O)COCC(=O)OCC. The van der Waals surface area contributed by atoms with Gasteiger partial charge in [-0.3, -0.25) is 0 Å². The van der Waals surface area contributed by atoms with Crippen LogP contribution in [0.3, 0.4) is 0 Å². The number of hydrogen-bond donors (Lipinski definition) is 0. The highest BCUT2D eigenvalue weighted by Crippen LogP contribution is 2.04. The summed E-state index contributed by atoms with van der Waals surface area (Å²) in [6.45, 7) is 4.22. The molecular formula is C14H26O5. The summed E-state index contributed by atoms with van der Waals surface area (Å²) in [7, 11) is 0. The van der Waals surface area contributed by atoms with Gasteiger partial charge in [-0.2, -0.15) is 0 Å². The molecule has 0 saturated heterocycles. The first kappa shape index (κ1) is 17.9.